The van der Waals surface area contributed by atoms with Crippen LogP contribution in [0.1, 0.15) is 32.8 Å². The maximum atomic E-state index is 13.7. The predicted molar refractivity (Wildman–Crippen MR) is 74.8 cm³/mol. The molecule has 1 aromatic carbocycles. The Morgan fingerprint density at radius 2 is 1.95 bits per heavy atom. The third kappa shape index (κ3) is 4.71. The normalized spacial score (nSPS) is 13.2. The van der Waals surface area contributed by atoms with E-state index >= 15 is 0 Å². The Morgan fingerprint density at radius 3 is 2.43 bits per heavy atom. The van der Waals surface area contributed by atoms with Crippen molar-refractivity contribution in [3.05, 3.63) is 39.4 Å². The lowest BCUT2D eigenvalue weighted by molar-refractivity contribution is -0.387. The molecule has 0 aliphatic rings. The Labute approximate surface area is 122 Å². The van der Waals surface area contributed by atoms with Crippen molar-refractivity contribution in [1.29, 1.82) is 0 Å². The maximum absolute atomic E-state index is 13.7. The highest BCUT2D eigenvalue weighted by atomic mass is 19.1. The molecule has 2 N–H and O–H groups in total. The van der Waals surface area contributed by atoms with Gasteiger partial charge in [-0.15, -0.1) is 0 Å². The summed E-state index contributed by atoms with van der Waals surface area (Å²) in [6.07, 6.45) is 0.467. The Hall–Kier alpha value is -1.60. The first-order chi connectivity index (χ1) is 9.66. The molecule has 0 heterocycles. The van der Waals surface area contributed by atoms with Crippen molar-refractivity contribution in [3.63, 3.8) is 0 Å². The van der Waals surface area contributed by atoms with Gasteiger partial charge in [0.25, 0.3) is 0 Å². The smallest absolute Gasteiger partial charge is 0.305 e. The molecule has 0 aliphatic heterocycles. The average molecular weight is 302 g/mol. The molecule has 0 fully saturated rings. The first-order valence-corrected chi connectivity index (χ1v) is 6.63. The zero-order valence-electron chi connectivity index (χ0n) is 12.3. The van der Waals surface area contributed by atoms with E-state index in [0.29, 0.717) is 12.5 Å². The Bertz CT molecular complexity index is 516. The van der Waals surface area contributed by atoms with E-state index in [1.807, 2.05) is 20.8 Å². The third-order valence-electron chi connectivity index (χ3n) is 3.31. The summed E-state index contributed by atoms with van der Waals surface area (Å²) in [6, 6.07) is 1.31. The Kier molecular flexibility index (Phi) is 5.74. The second kappa shape index (κ2) is 6.91. The number of hydrogen-bond acceptors (Lipinski definition) is 4. The molecule has 1 aromatic rings. The summed E-state index contributed by atoms with van der Waals surface area (Å²) in [5, 5.41) is 22.8. The largest absolute Gasteiger partial charge is 0.396 e. The lowest BCUT2D eigenvalue weighted by Gasteiger charge is -2.31. The van der Waals surface area contributed by atoms with Gasteiger partial charge in [0.1, 0.15) is 5.82 Å². The van der Waals surface area contributed by atoms with Crippen LogP contribution in [-0.2, 0) is 6.54 Å². The van der Waals surface area contributed by atoms with Crippen LogP contribution < -0.4 is 5.32 Å². The molecule has 0 saturated carbocycles. The van der Waals surface area contributed by atoms with Gasteiger partial charge in [0, 0.05) is 36.9 Å². The van der Waals surface area contributed by atoms with E-state index in [4.69, 9.17) is 5.11 Å². The number of aliphatic hydroxyl groups is 1. The quantitative estimate of drug-likeness (QED) is 0.626. The summed E-state index contributed by atoms with van der Waals surface area (Å²) in [5.41, 5.74) is -0.900. The molecule has 0 spiro atoms. The van der Waals surface area contributed by atoms with E-state index in [1.54, 1.807) is 0 Å². The van der Waals surface area contributed by atoms with Crippen LogP contribution in [0.25, 0.3) is 0 Å². The third-order valence-corrected chi connectivity index (χ3v) is 3.31. The zero-order chi connectivity index (χ0) is 16.2. The molecule has 0 bridgehead atoms. The van der Waals surface area contributed by atoms with Crippen molar-refractivity contribution in [2.75, 3.05) is 6.61 Å². The molecule has 1 atom stereocenters. The minimum absolute atomic E-state index is 0.0227. The monoisotopic (exact) mass is 302 g/mol. The van der Waals surface area contributed by atoms with E-state index in [9.17, 15) is 18.9 Å². The van der Waals surface area contributed by atoms with Gasteiger partial charge in [0.2, 0.25) is 5.82 Å². The van der Waals surface area contributed by atoms with Gasteiger partial charge in [-0.25, -0.2) is 4.39 Å². The first kappa shape index (κ1) is 17.5. The van der Waals surface area contributed by atoms with E-state index in [1.165, 1.54) is 0 Å². The zero-order valence-corrected chi connectivity index (χ0v) is 12.3. The summed E-state index contributed by atoms with van der Waals surface area (Å²) in [6.45, 7) is 5.88. The van der Waals surface area contributed by atoms with Gasteiger partial charge >= 0.3 is 5.69 Å². The molecule has 0 amide bonds. The number of nitrogens with zero attached hydrogens (tertiary/aromatic N) is 1. The van der Waals surface area contributed by atoms with Crippen LogP contribution in [0.5, 0.6) is 0 Å². The summed E-state index contributed by atoms with van der Waals surface area (Å²) >= 11 is 0. The summed E-state index contributed by atoms with van der Waals surface area (Å²) in [5.74, 6) is -2.02. The van der Waals surface area contributed by atoms with Gasteiger partial charge in [-0.05, 0) is 11.8 Å². The molecule has 21 heavy (non-hydrogen) atoms. The van der Waals surface area contributed by atoms with E-state index in [-0.39, 0.29) is 30.2 Å². The number of benzene rings is 1. The van der Waals surface area contributed by atoms with Crippen LogP contribution >= 0.6 is 0 Å². The molecule has 0 radical (unpaired) electrons. The number of hydrogen-bond donors (Lipinski definition) is 2. The molecule has 0 aromatic heterocycles. The van der Waals surface area contributed by atoms with E-state index in [2.05, 4.69) is 5.32 Å². The maximum Gasteiger partial charge on any atom is 0.305 e. The summed E-state index contributed by atoms with van der Waals surface area (Å²) in [4.78, 5) is 9.79. The standard InChI is InChI=1S/C14H20F2N2O3/c1-14(2,3)13(4-5-19)17-8-9-6-12(18(20)21)11(16)7-10(9)15/h6-7,13,17,19H,4-5,8H2,1-3H3. The van der Waals surface area contributed by atoms with Crippen LogP contribution in [0.15, 0.2) is 12.1 Å². The first-order valence-electron chi connectivity index (χ1n) is 6.63. The lowest BCUT2D eigenvalue weighted by atomic mass is 9.85. The Balaban J connectivity index is 2.92. The molecular weight excluding hydrogens is 282 g/mol. The molecule has 118 valence electrons. The van der Waals surface area contributed by atoms with Gasteiger partial charge in [-0.1, -0.05) is 20.8 Å². The van der Waals surface area contributed by atoms with Crippen molar-refractivity contribution in [1.82, 2.24) is 5.32 Å². The van der Waals surface area contributed by atoms with Crippen LogP contribution in [0.2, 0.25) is 0 Å². The highest BCUT2D eigenvalue weighted by molar-refractivity contribution is 5.37. The van der Waals surface area contributed by atoms with Crippen LogP contribution in [-0.4, -0.2) is 22.7 Å². The highest BCUT2D eigenvalue weighted by Crippen LogP contribution is 2.24. The fraction of sp³-hybridized carbons (Fsp3) is 0.571. The molecule has 7 heteroatoms. The minimum Gasteiger partial charge on any atom is -0.396 e. The molecule has 0 aliphatic carbocycles. The fourth-order valence-corrected chi connectivity index (χ4v) is 2.06. The van der Waals surface area contributed by atoms with Gasteiger partial charge in [-0.3, -0.25) is 10.1 Å². The lowest BCUT2D eigenvalue weighted by Crippen LogP contribution is -2.40. The molecular formula is C14H20F2N2O3. The van der Waals surface area contributed by atoms with Gasteiger partial charge in [-0.2, -0.15) is 4.39 Å². The van der Waals surface area contributed by atoms with Crippen molar-refractivity contribution in [2.45, 2.75) is 39.8 Å². The SMILES string of the molecule is CC(C)(C)C(CCO)NCc1cc([N+](=O)[O-])c(F)cc1F. The number of nitro benzene ring substituents is 1. The topological polar surface area (TPSA) is 75.4 Å². The van der Waals surface area contributed by atoms with Crippen LogP contribution in [0, 0.1) is 27.2 Å². The average Bonchev–Trinajstić information content (AvgIpc) is 2.34. The van der Waals surface area contributed by atoms with Gasteiger partial charge < -0.3 is 10.4 Å². The molecule has 5 nitrogen and oxygen atoms in total. The number of nitro groups is 1. The molecule has 0 saturated heterocycles. The Morgan fingerprint density at radius 1 is 1.33 bits per heavy atom. The number of halogens is 2. The van der Waals surface area contributed by atoms with Crippen LogP contribution in [0.4, 0.5) is 14.5 Å². The summed E-state index contributed by atoms with van der Waals surface area (Å²) in [7, 11) is 0. The summed E-state index contributed by atoms with van der Waals surface area (Å²) < 4.78 is 26.9. The molecule has 1 unspecified atom stereocenters. The molecule has 1 rings (SSSR count). The van der Waals surface area contributed by atoms with Crippen LogP contribution in [0.3, 0.4) is 0 Å². The van der Waals surface area contributed by atoms with Crippen molar-refractivity contribution in [2.24, 2.45) is 5.41 Å². The number of aliphatic hydroxyl groups excluding tert-OH is 1. The number of rotatable bonds is 6. The van der Waals surface area contributed by atoms with Crippen molar-refractivity contribution < 1.29 is 18.8 Å². The van der Waals surface area contributed by atoms with E-state index < -0.39 is 22.2 Å². The second-order valence-corrected chi connectivity index (χ2v) is 5.96. The van der Waals surface area contributed by atoms with Crippen molar-refractivity contribution >= 4 is 5.69 Å². The van der Waals surface area contributed by atoms with Crippen molar-refractivity contribution in [3.8, 4) is 0 Å². The number of nitrogens with one attached hydrogen (secondary N) is 1. The fourth-order valence-electron chi connectivity index (χ4n) is 2.06. The highest BCUT2D eigenvalue weighted by Gasteiger charge is 2.25. The second-order valence-electron chi connectivity index (χ2n) is 5.96. The predicted octanol–water partition coefficient (Wildman–Crippen LogP) is 2.76. The van der Waals surface area contributed by atoms with E-state index in [0.717, 1.165) is 6.07 Å². The minimum atomic E-state index is -1.19. The van der Waals surface area contributed by atoms with Gasteiger partial charge in [0.05, 0.1) is 4.92 Å². The van der Waals surface area contributed by atoms with Gasteiger partial charge in [0.15, 0.2) is 0 Å².